The fraction of sp³-hybridized carbons (Fsp3) is 0.263. The number of H-pyrrole nitrogens is 1. The Bertz CT molecular complexity index is 1060. The van der Waals surface area contributed by atoms with Crippen LogP contribution in [0.25, 0.3) is 10.9 Å². The first-order valence-corrected chi connectivity index (χ1v) is 8.29. The molecule has 1 aliphatic heterocycles. The number of aromatic hydroxyl groups is 1. The van der Waals surface area contributed by atoms with E-state index in [2.05, 4.69) is 4.98 Å². The fourth-order valence-corrected chi connectivity index (χ4v) is 3.68. The van der Waals surface area contributed by atoms with Crippen LogP contribution < -0.4 is 10.5 Å². The summed E-state index contributed by atoms with van der Waals surface area (Å²) in [6.45, 7) is 2.47. The summed E-state index contributed by atoms with van der Waals surface area (Å²) < 4.78 is 1.50. The third-order valence-corrected chi connectivity index (χ3v) is 4.90. The van der Waals surface area contributed by atoms with Crippen LogP contribution in [0, 0.1) is 6.92 Å². The second kappa shape index (κ2) is 5.51. The lowest BCUT2D eigenvalue weighted by atomic mass is 9.99. The predicted molar refractivity (Wildman–Crippen MR) is 96.4 cm³/mol. The van der Waals surface area contributed by atoms with Crippen LogP contribution >= 0.6 is 0 Å². The SMILES string of the molecule is Cc1cn(C)c(=O)c2c(C(=O)N3CCCc4c(O)cccc43)c[nH]c12. The van der Waals surface area contributed by atoms with Crippen molar-refractivity contribution in [2.45, 2.75) is 19.8 Å². The Labute approximate surface area is 144 Å². The number of hydrogen-bond acceptors (Lipinski definition) is 3. The van der Waals surface area contributed by atoms with E-state index in [9.17, 15) is 14.7 Å². The molecule has 6 heteroatoms. The summed E-state index contributed by atoms with van der Waals surface area (Å²) in [6.07, 6.45) is 4.87. The average molecular weight is 337 g/mol. The third-order valence-electron chi connectivity index (χ3n) is 4.90. The van der Waals surface area contributed by atoms with E-state index in [1.807, 2.05) is 13.0 Å². The van der Waals surface area contributed by atoms with Crippen LogP contribution in [0.3, 0.4) is 0 Å². The highest BCUT2D eigenvalue weighted by atomic mass is 16.3. The molecule has 1 amide bonds. The van der Waals surface area contributed by atoms with Crippen molar-refractivity contribution < 1.29 is 9.90 Å². The Morgan fingerprint density at radius 1 is 1.32 bits per heavy atom. The Morgan fingerprint density at radius 3 is 2.92 bits per heavy atom. The molecule has 0 saturated carbocycles. The number of benzene rings is 1. The van der Waals surface area contributed by atoms with Gasteiger partial charge in [-0.25, -0.2) is 0 Å². The lowest BCUT2D eigenvalue weighted by Gasteiger charge is -2.29. The number of phenolic OH excluding ortho intramolecular Hbond substituents is 1. The number of nitrogens with one attached hydrogen (secondary N) is 1. The van der Waals surface area contributed by atoms with Crippen LogP contribution in [-0.2, 0) is 13.5 Å². The van der Waals surface area contributed by atoms with E-state index in [1.165, 1.54) is 4.57 Å². The molecule has 4 rings (SSSR count). The van der Waals surface area contributed by atoms with Gasteiger partial charge < -0.3 is 19.6 Å². The standard InChI is InChI=1S/C19H19N3O3/c1-11-10-21(2)19(25)16-13(9-20-17(11)16)18(24)22-8-4-5-12-14(22)6-3-7-15(12)23/h3,6-7,9-10,20,23H,4-5,8H2,1-2H3. The van der Waals surface area contributed by atoms with Crippen molar-refractivity contribution >= 4 is 22.5 Å². The van der Waals surface area contributed by atoms with Crippen LogP contribution in [0.5, 0.6) is 5.75 Å². The van der Waals surface area contributed by atoms with Gasteiger partial charge in [0.1, 0.15) is 5.75 Å². The highest BCUT2D eigenvalue weighted by molar-refractivity contribution is 6.14. The summed E-state index contributed by atoms with van der Waals surface area (Å²) in [7, 11) is 1.68. The van der Waals surface area contributed by atoms with E-state index in [0.29, 0.717) is 23.0 Å². The number of carbonyl (C=O) groups is 1. The van der Waals surface area contributed by atoms with E-state index in [1.54, 1.807) is 36.5 Å². The molecule has 0 bridgehead atoms. The Hall–Kier alpha value is -3.02. The number of pyridine rings is 1. The van der Waals surface area contributed by atoms with Gasteiger partial charge >= 0.3 is 0 Å². The van der Waals surface area contributed by atoms with E-state index >= 15 is 0 Å². The number of amides is 1. The molecule has 1 aromatic carbocycles. The van der Waals surface area contributed by atoms with Crippen molar-refractivity contribution in [3.63, 3.8) is 0 Å². The van der Waals surface area contributed by atoms with Gasteiger partial charge in [0.2, 0.25) is 0 Å². The van der Waals surface area contributed by atoms with Gasteiger partial charge in [-0.3, -0.25) is 9.59 Å². The molecule has 0 unspecified atom stereocenters. The molecular formula is C19H19N3O3. The number of fused-ring (bicyclic) bond motifs is 2. The van der Waals surface area contributed by atoms with Gasteiger partial charge in [-0.05, 0) is 37.5 Å². The summed E-state index contributed by atoms with van der Waals surface area (Å²) >= 11 is 0. The molecule has 3 aromatic rings. The number of nitrogens with zero attached hydrogens (tertiary/aromatic N) is 2. The Morgan fingerprint density at radius 2 is 2.12 bits per heavy atom. The van der Waals surface area contributed by atoms with E-state index < -0.39 is 0 Å². The fourth-order valence-electron chi connectivity index (χ4n) is 3.68. The molecule has 2 N–H and O–H groups in total. The minimum absolute atomic E-state index is 0.196. The Kier molecular flexibility index (Phi) is 3.42. The van der Waals surface area contributed by atoms with E-state index in [0.717, 1.165) is 29.7 Å². The van der Waals surface area contributed by atoms with Gasteiger partial charge in [0.25, 0.3) is 11.5 Å². The molecule has 6 nitrogen and oxygen atoms in total. The molecule has 0 saturated heterocycles. The largest absolute Gasteiger partial charge is 0.508 e. The molecule has 1 aliphatic rings. The zero-order valence-electron chi connectivity index (χ0n) is 14.2. The van der Waals surface area contributed by atoms with Crippen LogP contribution in [-0.4, -0.2) is 27.1 Å². The lowest BCUT2D eigenvalue weighted by molar-refractivity contribution is 0.0986. The summed E-state index contributed by atoms with van der Waals surface area (Å²) in [6, 6.07) is 5.21. The molecular weight excluding hydrogens is 318 g/mol. The quantitative estimate of drug-likeness (QED) is 0.716. The highest BCUT2D eigenvalue weighted by Gasteiger charge is 2.28. The maximum Gasteiger partial charge on any atom is 0.260 e. The molecule has 128 valence electrons. The molecule has 0 atom stereocenters. The minimum Gasteiger partial charge on any atom is -0.508 e. The number of hydrogen-bond donors (Lipinski definition) is 2. The maximum atomic E-state index is 13.2. The Balaban J connectivity index is 1.88. The summed E-state index contributed by atoms with van der Waals surface area (Å²) in [5, 5.41) is 10.5. The van der Waals surface area contributed by atoms with Crippen LogP contribution in [0.1, 0.15) is 27.9 Å². The smallest absolute Gasteiger partial charge is 0.260 e. The number of carbonyl (C=O) groups excluding carboxylic acids is 1. The topological polar surface area (TPSA) is 78.3 Å². The molecule has 0 radical (unpaired) electrons. The van der Waals surface area contributed by atoms with Gasteiger partial charge in [-0.2, -0.15) is 0 Å². The zero-order chi connectivity index (χ0) is 17.7. The van der Waals surface area contributed by atoms with Crippen LogP contribution in [0.2, 0.25) is 0 Å². The van der Waals surface area contributed by atoms with Crippen LogP contribution in [0.15, 0.2) is 35.4 Å². The molecule has 0 spiro atoms. The summed E-state index contributed by atoms with van der Waals surface area (Å²) in [5.41, 5.74) is 3.28. The highest BCUT2D eigenvalue weighted by Crippen LogP contribution is 2.34. The second-order valence-corrected chi connectivity index (χ2v) is 6.52. The molecule has 0 aliphatic carbocycles. The predicted octanol–water partition coefficient (Wildman–Crippen LogP) is 2.47. The monoisotopic (exact) mass is 337 g/mol. The van der Waals surface area contributed by atoms with Gasteiger partial charge in [0.15, 0.2) is 0 Å². The number of aryl methyl sites for hydroxylation is 2. The molecule has 0 fully saturated rings. The first kappa shape index (κ1) is 15.5. The van der Waals surface area contributed by atoms with Gasteiger partial charge in [0.05, 0.1) is 22.2 Å². The first-order valence-electron chi connectivity index (χ1n) is 8.29. The van der Waals surface area contributed by atoms with Crippen LogP contribution in [0.4, 0.5) is 5.69 Å². The zero-order valence-corrected chi connectivity index (χ0v) is 14.2. The van der Waals surface area contributed by atoms with Gasteiger partial charge in [0, 0.05) is 31.5 Å². The van der Waals surface area contributed by atoms with Crippen molar-refractivity contribution in [2.75, 3.05) is 11.4 Å². The van der Waals surface area contributed by atoms with Gasteiger partial charge in [-0.15, -0.1) is 0 Å². The van der Waals surface area contributed by atoms with Crippen molar-refractivity contribution in [1.29, 1.82) is 0 Å². The lowest BCUT2D eigenvalue weighted by Crippen LogP contribution is -2.36. The number of rotatable bonds is 1. The molecule has 2 aromatic heterocycles. The molecule has 25 heavy (non-hydrogen) atoms. The number of aromatic amines is 1. The third kappa shape index (κ3) is 2.25. The number of phenols is 1. The number of aromatic nitrogens is 2. The van der Waals surface area contributed by atoms with Crippen molar-refractivity contribution in [3.05, 3.63) is 57.6 Å². The normalized spacial score (nSPS) is 13.9. The van der Waals surface area contributed by atoms with Crippen molar-refractivity contribution in [3.8, 4) is 5.75 Å². The van der Waals surface area contributed by atoms with E-state index in [4.69, 9.17) is 0 Å². The van der Waals surface area contributed by atoms with Gasteiger partial charge in [-0.1, -0.05) is 6.07 Å². The minimum atomic E-state index is -0.222. The summed E-state index contributed by atoms with van der Waals surface area (Å²) in [5.74, 6) is -0.0128. The van der Waals surface area contributed by atoms with Crippen molar-refractivity contribution in [2.24, 2.45) is 7.05 Å². The maximum absolute atomic E-state index is 13.2. The van der Waals surface area contributed by atoms with E-state index in [-0.39, 0.29) is 17.2 Å². The molecule has 3 heterocycles. The first-order chi connectivity index (χ1) is 12.0. The van der Waals surface area contributed by atoms with Crippen molar-refractivity contribution in [1.82, 2.24) is 9.55 Å². The summed E-state index contributed by atoms with van der Waals surface area (Å²) in [4.78, 5) is 30.5. The average Bonchev–Trinajstić information content (AvgIpc) is 3.05. The number of anilines is 1. The second-order valence-electron chi connectivity index (χ2n) is 6.52.